The van der Waals surface area contributed by atoms with Crippen LogP contribution in [0.3, 0.4) is 0 Å². The largest absolute Gasteiger partial charge is 0.406 e. The van der Waals surface area contributed by atoms with Gasteiger partial charge in [-0.3, -0.25) is 4.79 Å². The molecule has 1 amide bonds. The predicted molar refractivity (Wildman–Crippen MR) is 66.6 cm³/mol. The van der Waals surface area contributed by atoms with Gasteiger partial charge in [0, 0.05) is 19.8 Å². The number of hydrogen-bond acceptors (Lipinski definition) is 2. The molecule has 108 valence electrons. The van der Waals surface area contributed by atoms with Gasteiger partial charge < -0.3 is 15.2 Å². The van der Waals surface area contributed by atoms with Gasteiger partial charge >= 0.3 is 6.18 Å². The molecule has 0 spiro atoms. The van der Waals surface area contributed by atoms with E-state index in [0.717, 1.165) is 4.90 Å². The lowest BCUT2D eigenvalue weighted by atomic mass is 10.2. The summed E-state index contributed by atoms with van der Waals surface area (Å²) < 4.78 is 39.0. The van der Waals surface area contributed by atoms with Gasteiger partial charge in [-0.15, -0.1) is 0 Å². The summed E-state index contributed by atoms with van der Waals surface area (Å²) in [7, 11) is 1.57. The Labute approximate surface area is 110 Å². The van der Waals surface area contributed by atoms with Gasteiger partial charge in [0.05, 0.1) is 5.69 Å². The van der Waals surface area contributed by atoms with Crippen molar-refractivity contribution in [2.45, 2.75) is 20.0 Å². The number of halogens is 3. The second kappa shape index (κ2) is 5.54. The van der Waals surface area contributed by atoms with E-state index >= 15 is 0 Å². The van der Waals surface area contributed by atoms with E-state index in [2.05, 4.69) is 0 Å². The molecule has 1 heterocycles. The number of amides is 1. The lowest BCUT2D eigenvalue weighted by Crippen LogP contribution is -2.41. The summed E-state index contributed by atoms with van der Waals surface area (Å²) in [6.07, 6.45) is -2.92. The maximum absolute atomic E-state index is 12.5. The molecule has 1 rings (SSSR count). The third-order valence-electron chi connectivity index (χ3n) is 2.49. The summed E-state index contributed by atoms with van der Waals surface area (Å²) in [5.41, 5.74) is 6.04. The van der Waals surface area contributed by atoms with Crippen LogP contribution < -0.4 is 5.73 Å². The second-order valence-electron chi connectivity index (χ2n) is 4.96. The van der Waals surface area contributed by atoms with Gasteiger partial charge in [-0.05, 0) is 12.0 Å². The zero-order chi connectivity index (χ0) is 14.8. The number of carbonyl (C=O) groups is 1. The van der Waals surface area contributed by atoms with Gasteiger partial charge in [-0.2, -0.15) is 13.2 Å². The number of rotatable bonds is 4. The molecule has 0 fully saturated rings. The van der Waals surface area contributed by atoms with Crippen LogP contribution in [0.2, 0.25) is 0 Å². The first-order valence-electron chi connectivity index (χ1n) is 5.88. The van der Waals surface area contributed by atoms with Crippen molar-refractivity contribution in [2.75, 3.05) is 18.8 Å². The third kappa shape index (κ3) is 4.50. The summed E-state index contributed by atoms with van der Waals surface area (Å²) in [4.78, 5) is 12.9. The molecule has 0 aliphatic carbocycles. The average Bonchev–Trinajstić information content (AvgIpc) is 2.53. The number of alkyl halides is 3. The molecule has 7 heteroatoms. The van der Waals surface area contributed by atoms with E-state index in [9.17, 15) is 18.0 Å². The Morgan fingerprint density at radius 3 is 2.42 bits per heavy atom. The van der Waals surface area contributed by atoms with E-state index in [1.54, 1.807) is 20.9 Å². The Kier molecular flexibility index (Phi) is 4.49. The van der Waals surface area contributed by atoms with E-state index in [0.29, 0.717) is 5.69 Å². The smallest absolute Gasteiger partial charge is 0.397 e. The maximum atomic E-state index is 12.5. The zero-order valence-electron chi connectivity index (χ0n) is 11.2. The van der Waals surface area contributed by atoms with Crippen LogP contribution in [0.5, 0.6) is 0 Å². The highest BCUT2D eigenvalue weighted by Crippen LogP contribution is 2.20. The van der Waals surface area contributed by atoms with Gasteiger partial charge in [0.2, 0.25) is 0 Å². The fraction of sp³-hybridized carbons (Fsp3) is 0.583. The number of carbonyl (C=O) groups excluding carboxylic acids is 1. The summed E-state index contributed by atoms with van der Waals surface area (Å²) in [6.45, 7) is 2.31. The molecule has 0 atom stereocenters. The topological polar surface area (TPSA) is 51.3 Å². The number of aromatic nitrogens is 1. The number of nitrogens with zero attached hydrogens (tertiary/aromatic N) is 2. The Morgan fingerprint density at radius 1 is 1.47 bits per heavy atom. The van der Waals surface area contributed by atoms with Crippen molar-refractivity contribution in [2.24, 2.45) is 13.0 Å². The summed E-state index contributed by atoms with van der Waals surface area (Å²) in [6, 6.07) is 1.38. The minimum atomic E-state index is -4.42. The quantitative estimate of drug-likeness (QED) is 0.917. The minimum absolute atomic E-state index is 0.0451. The van der Waals surface area contributed by atoms with E-state index in [4.69, 9.17) is 5.73 Å². The highest BCUT2D eigenvalue weighted by Gasteiger charge is 2.34. The standard InChI is InChI=1S/C12H18F3N3O/c1-8(2)5-18(7-12(13,14)15)11(19)10-4-9(16)6-17(10)3/h4,6,8H,5,7,16H2,1-3H3. The molecule has 0 unspecified atom stereocenters. The van der Waals surface area contributed by atoms with Crippen LogP contribution in [0, 0.1) is 5.92 Å². The first-order chi connectivity index (χ1) is 8.60. The van der Waals surface area contributed by atoms with Gasteiger partial charge in [0.15, 0.2) is 0 Å². The van der Waals surface area contributed by atoms with E-state index in [-0.39, 0.29) is 18.2 Å². The third-order valence-corrected chi connectivity index (χ3v) is 2.49. The SMILES string of the molecule is CC(C)CN(CC(F)(F)F)C(=O)c1cc(N)cn1C. The van der Waals surface area contributed by atoms with Crippen LogP contribution in [0.15, 0.2) is 12.3 Å². The van der Waals surface area contributed by atoms with Crippen LogP contribution in [-0.4, -0.2) is 34.6 Å². The molecule has 2 N–H and O–H groups in total. The molecule has 0 bridgehead atoms. The number of nitrogens with two attached hydrogens (primary N) is 1. The number of nitrogen functional groups attached to an aromatic ring is 1. The average molecular weight is 277 g/mol. The van der Waals surface area contributed by atoms with E-state index in [1.165, 1.54) is 16.8 Å². The van der Waals surface area contributed by atoms with E-state index in [1.807, 2.05) is 0 Å². The van der Waals surface area contributed by atoms with Crippen LogP contribution >= 0.6 is 0 Å². The van der Waals surface area contributed by atoms with Gasteiger partial charge in [-0.1, -0.05) is 13.8 Å². The fourth-order valence-corrected chi connectivity index (χ4v) is 1.84. The molecule has 0 aromatic carbocycles. The molecule has 0 saturated carbocycles. The highest BCUT2D eigenvalue weighted by atomic mass is 19.4. The highest BCUT2D eigenvalue weighted by molar-refractivity contribution is 5.93. The second-order valence-corrected chi connectivity index (χ2v) is 4.96. The normalized spacial score (nSPS) is 11.9. The Morgan fingerprint density at radius 2 is 2.05 bits per heavy atom. The van der Waals surface area contributed by atoms with Crippen molar-refractivity contribution in [3.8, 4) is 0 Å². The summed E-state index contributed by atoms with van der Waals surface area (Å²) in [5, 5.41) is 0. The van der Waals surface area contributed by atoms with E-state index < -0.39 is 18.6 Å². The molecule has 4 nitrogen and oxygen atoms in total. The first-order valence-corrected chi connectivity index (χ1v) is 5.88. The first kappa shape index (κ1) is 15.4. The Balaban J connectivity index is 2.97. The summed E-state index contributed by atoms with van der Waals surface area (Å²) >= 11 is 0. The van der Waals surface area contributed by atoms with Crippen molar-refractivity contribution in [1.82, 2.24) is 9.47 Å². The molecule has 0 saturated heterocycles. The van der Waals surface area contributed by atoms with Crippen molar-refractivity contribution < 1.29 is 18.0 Å². The monoisotopic (exact) mass is 277 g/mol. The maximum Gasteiger partial charge on any atom is 0.406 e. The molecule has 0 aliphatic rings. The molecular weight excluding hydrogens is 259 g/mol. The fourth-order valence-electron chi connectivity index (χ4n) is 1.84. The van der Waals surface area contributed by atoms with Gasteiger partial charge in [0.25, 0.3) is 5.91 Å². The molecule has 1 aromatic heterocycles. The Hall–Kier alpha value is -1.66. The molecule has 0 aliphatic heterocycles. The molecule has 0 radical (unpaired) electrons. The summed E-state index contributed by atoms with van der Waals surface area (Å²) in [5.74, 6) is -0.714. The lowest BCUT2D eigenvalue weighted by Gasteiger charge is -2.25. The number of aryl methyl sites for hydroxylation is 1. The van der Waals surface area contributed by atoms with Crippen molar-refractivity contribution >= 4 is 11.6 Å². The van der Waals surface area contributed by atoms with Crippen molar-refractivity contribution in [3.63, 3.8) is 0 Å². The molecule has 19 heavy (non-hydrogen) atoms. The lowest BCUT2D eigenvalue weighted by molar-refractivity contribution is -0.141. The number of anilines is 1. The van der Waals surface area contributed by atoms with Crippen LogP contribution in [-0.2, 0) is 7.05 Å². The zero-order valence-corrected chi connectivity index (χ0v) is 11.2. The predicted octanol–water partition coefficient (Wildman–Crippen LogP) is 2.27. The van der Waals surface area contributed by atoms with Crippen molar-refractivity contribution in [3.05, 3.63) is 18.0 Å². The van der Waals surface area contributed by atoms with Crippen LogP contribution in [0.1, 0.15) is 24.3 Å². The van der Waals surface area contributed by atoms with Crippen LogP contribution in [0.25, 0.3) is 0 Å². The Bertz CT molecular complexity index is 452. The number of hydrogen-bond donors (Lipinski definition) is 1. The van der Waals surface area contributed by atoms with Gasteiger partial charge in [0.1, 0.15) is 12.2 Å². The van der Waals surface area contributed by atoms with Crippen LogP contribution in [0.4, 0.5) is 18.9 Å². The van der Waals surface area contributed by atoms with Gasteiger partial charge in [-0.25, -0.2) is 0 Å². The molecular formula is C12H18F3N3O. The minimum Gasteiger partial charge on any atom is -0.397 e. The van der Waals surface area contributed by atoms with Crippen molar-refractivity contribution in [1.29, 1.82) is 0 Å². The molecule has 1 aromatic rings.